The average molecular weight is 321 g/mol. The summed E-state index contributed by atoms with van der Waals surface area (Å²) in [6, 6.07) is 5.10. The first kappa shape index (κ1) is 17.7. The molecule has 1 saturated heterocycles. The summed E-state index contributed by atoms with van der Waals surface area (Å²) in [5, 5.41) is 3.79. The second-order valence-electron chi connectivity index (χ2n) is 6.22. The van der Waals surface area contributed by atoms with E-state index in [9.17, 15) is 4.39 Å². The van der Waals surface area contributed by atoms with E-state index in [0.717, 1.165) is 31.7 Å². The third-order valence-corrected chi connectivity index (χ3v) is 3.83. The summed E-state index contributed by atoms with van der Waals surface area (Å²) < 4.78 is 14.3. The lowest BCUT2D eigenvalue weighted by atomic mass is 9.80. The van der Waals surface area contributed by atoms with Crippen molar-refractivity contribution in [1.29, 1.82) is 0 Å². The molecule has 1 fully saturated rings. The van der Waals surface area contributed by atoms with E-state index in [4.69, 9.17) is 11.6 Å². The summed E-state index contributed by atoms with van der Waals surface area (Å²) in [4.78, 5) is 2.36. The summed E-state index contributed by atoms with van der Waals surface area (Å²) in [5.74, 6) is -0.203. The van der Waals surface area contributed by atoms with Gasteiger partial charge in [0.2, 0.25) is 0 Å². The molecule has 1 heterocycles. The summed E-state index contributed by atoms with van der Waals surface area (Å²) in [6.45, 7) is 10.3. The summed E-state index contributed by atoms with van der Waals surface area (Å²) in [6.07, 6.45) is 0. The molecule has 1 atom stereocenters. The predicted octanol–water partition coefficient (Wildman–Crippen LogP) is 3.89. The SMILES string of the molecule is CC(C)(C)[C@@H](c1ccc(Cl)cc1F)N1CCNCC1.Cl. The average Bonchev–Trinajstić information content (AvgIpc) is 2.32. The van der Waals surface area contributed by atoms with Crippen LogP contribution in [0, 0.1) is 11.2 Å². The van der Waals surface area contributed by atoms with E-state index in [1.807, 2.05) is 6.07 Å². The Morgan fingerprint density at radius 3 is 2.35 bits per heavy atom. The third-order valence-electron chi connectivity index (χ3n) is 3.59. The van der Waals surface area contributed by atoms with Crippen LogP contribution in [0.1, 0.15) is 32.4 Å². The minimum atomic E-state index is -0.203. The standard InChI is InChI=1S/C15H22ClFN2.ClH/c1-15(2,3)14(19-8-6-18-7-9-19)12-5-4-11(16)10-13(12)17;/h4-5,10,14,18H,6-9H2,1-3H3;1H/t14-;/m1./s1. The molecule has 2 rings (SSSR count). The smallest absolute Gasteiger partial charge is 0.129 e. The predicted molar refractivity (Wildman–Crippen MR) is 85.3 cm³/mol. The molecule has 1 aliphatic heterocycles. The van der Waals surface area contributed by atoms with Crippen molar-refractivity contribution in [3.63, 3.8) is 0 Å². The van der Waals surface area contributed by atoms with Gasteiger partial charge in [0.15, 0.2) is 0 Å². The number of rotatable bonds is 2. The molecule has 0 aromatic heterocycles. The molecule has 2 nitrogen and oxygen atoms in total. The van der Waals surface area contributed by atoms with Crippen molar-refractivity contribution in [3.8, 4) is 0 Å². The van der Waals surface area contributed by atoms with Gasteiger partial charge in [-0.2, -0.15) is 0 Å². The first-order chi connectivity index (χ1) is 8.89. The molecule has 0 spiro atoms. The van der Waals surface area contributed by atoms with Crippen molar-refractivity contribution >= 4 is 24.0 Å². The van der Waals surface area contributed by atoms with Gasteiger partial charge in [0.25, 0.3) is 0 Å². The molecule has 1 aromatic carbocycles. The van der Waals surface area contributed by atoms with Crippen molar-refractivity contribution in [1.82, 2.24) is 10.2 Å². The molecule has 0 saturated carbocycles. The van der Waals surface area contributed by atoms with Gasteiger partial charge in [-0.3, -0.25) is 4.90 Å². The van der Waals surface area contributed by atoms with Crippen molar-refractivity contribution in [2.24, 2.45) is 5.41 Å². The topological polar surface area (TPSA) is 15.3 Å². The molecule has 1 N–H and O–H groups in total. The number of piperazine rings is 1. The van der Waals surface area contributed by atoms with Crippen LogP contribution in [0.2, 0.25) is 5.02 Å². The van der Waals surface area contributed by atoms with Gasteiger partial charge < -0.3 is 5.32 Å². The van der Waals surface area contributed by atoms with E-state index in [-0.39, 0.29) is 29.7 Å². The first-order valence-corrected chi connectivity index (χ1v) is 7.17. The number of hydrogen-bond acceptors (Lipinski definition) is 2. The number of halogens is 3. The Labute approximate surface area is 132 Å². The second kappa shape index (κ2) is 7.08. The monoisotopic (exact) mass is 320 g/mol. The van der Waals surface area contributed by atoms with Gasteiger partial charge in [-0.25, -0.2) is 4.39 Å². The fraction of sp³-hybridized carbons (Fsp3) is 0.600. The minimum absolute atomic E-state index is 0. The normalized spacial score (nSPS) is 18.4. The Bertz CT molecular complexity index is 440. The van der Waals surface area contributed by atoms with Crippen LogP contribution in [-0.2, 0) is 0 Å². The maximum Gasteiger partial charge on any atom is 0.129 e. The third kappa shape index (κ3) is 4.08. The Morgan fingerprint density at radius 2 is 1.85 bits per heavy atom. The molecule has 20 heavy (non-hydrogen) atoms. The number of nitrogens with one attached hydrogen (secondary N) is 1. The lowest BCUT2D eigenvalue weighted by Crippen LogP contribution is -2.48. The van der Waals surface area contributed by atoms with E-state index in [0.29, 0.717) is 5.02 Å². The Kier molecular flexibility index (Phi) is 6.26. The number of nitrogens with zero attached hydrogens (tertiary/aromatic N) is 1. The van der Waals surface area contributed by atoms with Crippen LogP contribution < -0.4 is 5.32 Å². The van der Waals surface area contributed by atoms with E-state index in [1.165, 1.54) is 6.07 Å². The van der Waals surface area contributed by atoms with Crippen LogP contribution in [0.5, 0.6) is 0 Å². The van der Waals surface area contributed by atoms with Gasteiger partial charge in [0.05, 0.1) is 0 Å². The zero-order valence-corrected chi connectivity index (χ0v) is 13.8. The van der Waals surface area contributed by atoms with Gasteiger partial charge in [-0.1, -0.05) is 38.4 Å². The molecule has 0 radical (unpaired) electrons. The fourth-order valence-corrected chi connectivity index (χ4v) is 3.03. The second-order valence-corrected chi connectivity index (χ2v) is 6.66. The summed E-state index contributed by atoms with van der Waals surface area (Å²) in [5.41, 5.74) is 0.727. The lowest BCUT2D eigenvalue weighted by Gasteiger charge is -2.42. The van der Waals surface area contributed by atoms with Crippen LogP contribution in [0.3, 0.4) is 0 Å². The molecule has 0 aliphatic carbocycles. The van der Waals surface area contributed by atoms with E-state index in [2.05, 4.69) is 31.0 Å². The summed E-state index contributed by atoms with van der Waals surface area (Å²) in [7, 11) is 0. The zero-order valence-electron chi connectivity index (χ0n) is 12.2. The molecule has 1 aliphatic rings. The van der Waals surface area contributed by atoms with Crippen molar-refractivity contribution < 1.29 is 4.39 Å². The van der Waals surface area contributed by atoms with E-state index < -0.39 is 0 Å². The molecular weight excluding hydrogens is 298 g/mol. The molecule has 114 valence electrons. The van der Waals surface area contributed by atoms with Gasteiger partial charge >= 0.3 is 0 Å². The number of benzene rings is 1. The number of hydrogen-bond donors (Lipinski definition) is 1. The van der Waals surface area contributed by atoms with Crippen molar-refractivity contribution in [2.45, 2.75) is 26.8 Å². The van der Waals surface area contributed by atoms with Gasteiger partial charge in [0, 0.05) is 42.8 Å². The molecule has 5 heteroatoms. The molecule has 0 unspecified atom stereocenters. The largest absolute Gasteiger partial charge is 0.314 e. The molecule has 0 bridgehead atoms. The fourth-order valence-electron chi connectivity index (χ4n) is 2.87. The highest BCUT2D eigenvalue weighted by Gasteiger charge is 2.34. The van der Waals surface area contributed by atoms with Gasteiger partial charge in [-0.15, -0.1) is 12.4 Å². The van der Waals surface area contributed by atoms with Crippen molar-refractivity contribution in [2.75, 3.05) is 26.2 Å². The van der Waals surface area contributed by atoms with Gasteiger partial charge in [0.1, 0.15) is 5.82 Å². The zero-order chi connectivity index (χ0) is 14.0. The Balaban J connectivity index is 0.00000200. The van der Waals surface area contributed by atoms with Crippen LogP contribution >= 0.6 is 24.0 Å². The Morgan fingerprint density at radius 1 is 1.25 bits per heavy atom. The maximum atomic E-state index is 14.3. The van der Waals surface area contributed by atoms with E-state index in [1.54, 1.807) is 6.07 Å². The highest BCUT2D eigenvalue weighted by atomic mass is 35.5. The van der Waals surface area contributed by atoms with Crippen LogP contribution in [0.15, 0.2) is 18.2 Å². The highest BCUT2D eigenvalue weighted by Crippen LogP contribution is 2.39. The molecule has 0 amide bonds. The maximum absolute atomic E-state index is 14.3. The van der Waals surface area contributed by atoms with Gasteiger partial charge in [-0.05, 0) is 17.5 Å². The molecule has 1 aromatic rings. The summed E-state index contributed by atoms with van der Waals surface area (Å²) >= 11 is 5.86. The van der Waals surface area contributed by atoms with Crippen LogP contribution in [-0.4, -0.2) is 31.1 Å². The van der Waals surface area contributed by atoms with Crippen LogP contribution in [0.4, 0.5) is 4.39 Å². The van der Waals surface area contributed by atoms with Crippen LogP contribution in [0.25, 0.3) is 0 Å². The van der Waals surface area contributed by atoms with Crippen molar-refractivity contribution in [3.05, 3.63) is 34.6 Å². The minimum Gasteiger partial charge on any atom is -0.314 e. The Hall–Kier alpha value is -0.350. The lowest BCUT2D eigenvalue weighted by molar-refractivity contribution is 0.0834. The van der Waals surface area contributed by atoms with E-state index >= 15 is 0 Å². The first-order valence-electron chi connectivity index (χ1n) is 6.79. The molecular formula is C15H23Cl2FN2. The highest BCUT2D eigenvalue weighted by molar-refractivity contribution is 6.30. The quantitative estimate of drug-likeness (QED) is 0.889.